The molecule has 9 aliphatic heterocycles. The van der Waals surface area contributed by atoms with Gasteiger partial charge in [-0.2, -0.15) is 0 Å². The number of nitrogens with one attached hydrogen (secondary N) is 5. The van der Waals surface area contributed by atoms with Crippen LogP contribution in [0.4, 0.5) is 0 Å². The molecule has 0 radical (unpaired) electrons. The summed E-state index contributed by atoms with van der Waals surface area (Å²) in [6.07, 6.45) is 13.3. The van der Waals surface area contributed by atoms with E-state index in [0.717, 1.165) is 72.8 Å². The standard InChI is InChI=1S/C22H27N3O4.C22H29N3O4.C21H25N3O4.C21H27N3O4.C21H26N2O4/c26-19-11-10-18(25(19)12-15-6-2-1-3-7-15)20(27)21(28)23-17-13-24(14-17)22(29)16-8-4-5-9-16;1-15(2)22(29)24-12-10-17(11-13-24)23-21(28)20(27)18-8-9-19(26)25(18)14-16-6-4-3-5-7-16;25-18-10-9-17(24(18)11-14-5-2-1-3-6-14)19(26)20(27)22-16-12-23(13-16)21(28)15-7-4-8-15;1-14(2)10-19(26)23-12-16(13-23)22-21(28)20(27)17-8-9-18(25)24(17)11-15-6-4-3-5-7-15;1-13(2)19(25)15-10-16(11-15)22-21(27)20(26)17-8-9-18(24)23(17)12-14-6-4-3-5-7-14/h1-3,6-7,16-18H,4-5,8-14H2,(H,23,28);3-7,15,17-18H,8-14H2,1-2H3,(H,23,28);1-3,5-6,15-17H,4,7-13H2,(H,22,27);3-7,14,16-17H,8-13H2,1-2H3,(H,22,28);3-7,13,15-17H,8-12H2,1-2H3,(H,22,27)/t2*18-;2*17-;15?,16?,17-/m11111/s1. The van der Waals surface area contributed by atoms with Crippen LogP contribution in [0.15, 0.2) is 152 Å². The summed E-state index contributed by atoms with van der Waals surface area (Å²) in [5.41, 5.74) is 4.65. The number of piperidine rings is 1. The van der Waals surface area contributed by atoms with Crippen LogP contribution < -0.4 is 26.6 Å². The lowest BCUT2D eigenvalue weighted by Gasteiger charge is -2.42. The molecular formula is C107H134N14O20. The van der Waals surface area contributed by atoms with Crippen molar-refractivity contribution in [3.8, 4) is 0 Å². The first-order valence-corrected chi connectivity index (χ1v) is 50.2. The van der Waals surface area contributed by atoms with E-state index in [2.05, 4.69) is 26.6 Å². The van der Waals surface area contributed by atoms with Crippen molar-refractivity contribution in [3.63, 3.8) is 0 Å². The zero-order valence-corrected chi connectivity index (χ0v) is 81.6. The Balaban J connectivity index is 0.000000148. The van der Waals surface area contributed by atoms with Gasteiger partial charge >= 0.3 is 0 Å². The van der Waals surface area contributed by atoms with Crippen LogP contribution in [0.1, 0.15) is 211 Å². The van der Waals surface area contributed by atoms with Gasteiger partial charge in [-0.3, -0.25) is 95.9 Å². The molecule has 9 saturated heterocycles. The van der Waals surface area contributed by atoms with Crippen molar-refractivity contribution in [2.24, 2.45) is 35.5 Å². The van der Waals surface area contributed by atoms with Gasteiger partial charge in [0.05, 0.1) is 18.1 Å². The number of hydrogen-bond donors (Lipinski definition) is 5. The van der Waals surface area contributed by atoms with Crippen LogP contribution >= 0.6 is 0 Å². The van der Waals surface area contributed by atoms with Crippen molar-refractivity contribution >= 4 is 117 Å². The molecule has 0 bridgehead atoms. The molecule has 3 saturated carbocycles. The van der Waals surface area contributed by atoms with Gasteiger partial charge in [0.1, 0.15) is 36.0 Å². The van der Waals surface area contributed by atoms with Gasteiger partial charge in [-0.1, -0.05) is 212 Å². The largest absolute Gasteiger partial charge is 0.347 e. The summed E-state index contributed by atoms with van der Waals surface area (Å²) in [6.45, 7) is 17.0. The van der Waals surface area contributed by atoms with E-state index in [-0.39, 0.29) is 151 Å². The van der Waals surface area contributed by atoms with E-state index in [4.69, 9.17) is 0 Å². The van der Waals surface area contributed by atoms with Crippen molar-refractivity contribution in [2.75, 3.05) is 52.4 Å². The van der Waals surface area contributed by atoms with Crippen LogP contribution in [0.2, 0.25) is 0 Å². The number of Topliss-reactive ketones (excluding diaryl/α,β-unsaturated/α-hetero) is 6. The molecule has 3 aliphatic carbocycles. The Kier molecular flexibility index (Phi) is 36.7. The molecular weight excluding hydrogens is 1800 g/mol. The molecule has 752 valence electrons. The monoisotopic (exact) mass is 1930 g/mol. The molecule has 0 unspecified atom stereocenters. The first-order chi connectivity index (χ1) is 67.6. The second-order valence-electron chi connectivity index (χ2n) is 40.3. The fourth-order valence-electron chi connectivity index (χ4n) is 20.1. The van der Waals surface area contributed by atoms with Gasteiger partial charge in [-0.05, 0) is 117 Å². The Morgan fingerprint density at radius 2 is 0.539 bits per heavy atom. The number of rotatable bonds is 32. The van der Waals surface area contributed by atoms with Gasteiger partial charge in [0.2, 0.25) is 82.1 Å². The molecule has 12 aliphatic rings. The Labute approximate surface area is 823 Å². The third-order valence-electron chi connectivity index (χ3n) is 28.7. The third kappa shape index (κ3) is 27.7. The van der Waals surface area contributed by atoms with Crippen LogP contribution in [0.25, 0.3) is 0 Å². The van der Waals surface area contributed by atoms with Crippen molar-refractivity contribution < 1.29 is 95.9 Å². The number of benzene rings is 5. The van der Waals surface area contributed by atoms with Crippen molar-refractivity contribution in [1.29, 1.82) is 0 Å². The summed E-state index contributed by atoms with van der Waals surface area (Å²) < 4.78 is 0. The Morgan fingerprint density at radius 3 is 0.787 bits per heavy atom. The van der Waals surface area contributed by atoms with E-state index >= 15 is 0 Å². The van der Waals surface area contributed by atoms with Gasteiger partial charge in [-0.25, -0.2) is 0 Å². The number of hydrogen-bond acceptors (Lipinski definition) is 20. The summed E-state index contributed by atoms with van der Waals surface area (Å²) in [5, 5.41) is 13.7. The molecule has 34 heteroatoms. The summed E-state index contributed by atoms with van der Waals surface area (Å²) in [6, 6.07) is 42.9. The second kappa shape index (κ2) is 49.2. The normalized spacial score (nSPS) is 21.9. The molecule has 17 rings (SSSR count). The van der Waals surface area contributed by atoms with Gasteiger partial charge < -0.3 is 70.7 Å². The van der Waals surface area contributed by atoms with Crippen LogP contribution in [0.5, 0.6) is 0 Å². The average Bonchev–Trinajstić information content (AvgIpc) is 1.53. The Bertz CT molecular complexity index is 5370. The number of ketones is 6. The molecule has 12 fully saturated rings. The highest BCUT2D eigenvalue weighted by Gasteiger charge is 2.49. The van der Waals surface area contributed by atoms with Gasteiger partial charge in [-0.15, -0.1) is 0 Å². The zero-order chi connectivity index (χ0) is 101. The second-order valence-corrected chi connectivity index (χ2v) is 40.3. The lowest BCUT2D eigenvalue weighted by Crippen LogP contribution is -2.63. The van der Waals surface area contributed by atoms with E-state index in [1.807, 2.05) is 198 Å². The maximum atomic E-state index is 12.8. The van der Waals surface area contributed by atoms with E-state index in [1.165, 1.54) is 24.5 Å². The number of amides is 14. The molecule has 141 heavy (non-hydrogen) atoms. The lowest BCUT2D eigenvalue weighted by atomic mass is 9.75. The first-order valence-electron chi connectivity index (χ1n) is 50.2. The molecule has 9 heterocycles. The lowest BCUT2D eigenvalue weighted by molar-refractivity contribution is -0.147. The average molecular weight is 1940 g/mol. The summed E-state index contributed by atoms with van der Waals surface area (Å²) in [7, 11) is 0. The van der Waals surface area contributed by atoms with Gasteiger partial charge in [0.25, 0.3) is 29.5 Å². The highest BCUT2D eigenvalue weighted by molar-refractivity contribution is 6.41. The first kappa shape index (κ1) is 105. The van der Waals surface area contributed by atoms with Gasteiger partial charge in [0, 0.05) is 165 Å². The van der Waals surface area contributed by atoms with Crippen molar-refractivity contribution in [2.45, 2.75) is 276 Å². The highest BCUT2D eigenvalue weighted by atomic mass is 16.2. The van der Waals surface area contributed by atoms with Crippen molar-refractivity contribution in [3.05, 3.63) is 179 Å². The number of likely N-dealkylation sites (tertiary alicyclic amines) is 9. The fourth-order valence-corrected chi connectivity index (χ4v) is 20.1. The third-order valence-corrected chi connectivity index (χ3v) is 28.7. The molecule has 34 nitrogen and oxygen atoms in total. The number of nitrogens with zero attached hydrogens (tertiary/aromatic N) is 9. The smallest absolute Gasteiger partial charge is 0.289 e. The topological polar surface area (TPSA) is 431 Å². The number of carbonyl (C=O) groups excluding carboxylic acids is 20. The quantitative estimate of drug-likeness (QED) is 0.0282. The predicted octanol–water partition coefficient (Wildman–Crippen LogP) is 6.63. The van der Waals surface area contributed by atoms with E-state index in [9.17, 15) is 95.9 Å². The molecule has 5 aromatic carbocycles. The molecule has 14 amide bonds. The SMILES string of the molecule is CC(C)C(=O)C1CC(NC(=O)C(=O)[C@H]2CCC(=O)N2Cc2ccccc2)C1.CC(C)C(=O)N1CCC(NC(=O)C(=O)[C@H]2CCC(=O)N2Cc2ccccc2)CC1.CC(C)CC(=O)N1CC(NC(=O)C(=O)[C@H]2CCC(=O)N2Cc2ccccc2)C1.O=C(NC1CN(C(=O)C2CCC2)C1)C(=O)[C@H]1CCC(=O)N1Cc1ccccc1.O=C(NC1CN(C(=O)C2CCCC2)C1)C(=O)[C@H]1CCC(=O)N1Cc1ccccc1. The molecule has 5 atom stereocenters. The van der Waals surface area contributed by atoms with Gasteiger partial charge in [0.15, 0.2) is 0 Å². The fraction of sp³-hybridized carbons (Fsp3) is 0.533. The number of carbonyl (C=O) groups is 20. The summed E-state index contributed by atoms with van der Waals surface area (Å²) in [4.78, 5) is 262. The predicted molar refractivity (Wildman–Crippen MR) is 516 cm³/mol. The molecule has 0 spiro atoms. The summed E-state index contributed by atoms with van der Waals surface area (Å²) >= 11 is 0. The minimum atomic E-state index is -0.716. The van der Waals surface area contributed by atoms with E-state index in [0.29, 0.717) is 155 Å². The highest BCUT2D eigenvalue weighted by Crippen LogP contribution is 2.35. The van der Waals surface area contributed by atoms with Crippen molar-refractivity contribution in [1.82, 2.24) is 70.7 Å². The maximum absolute atomic E-state index is 12.8. The molecule has 0 aromatic heterocycles. The zero-order valence-electron chi connectivity index (χ0n) is 81.6. The summed E-state index contributed by atoms with van der Waals surface area (Å²) in [5.74, 6) is -5.33. The maximum Gasteiger partial charge on any atom is 0.289 e. The molecule has 5 aromatic rings. The Hall–Kier alpha value is -13.3. The Morgan fingerprint density at radius 1 is 0.284 bits per heavy atom. The van der Waals surface area contributed by atoms with Crippen LogP contribution in [-0.2, 0) is 129 Å². The van der Waals surface area contributed by atoms with E-state index in [1.54, 1.807) is 14.7 Å². The van der Waals surface area contributed by atoms with Crippen LogP contribution in [0, 0.1) is 35.5 Å². The van der Waals surface area contributed by atoms with E-state index < -0.39 is 88.7 Å². The minimum Gasteiger partial charge on any atom is -0.347 e. The van der Waals surface area contributed by atoms with Crippen LogP contribution in [0.3, 0.4) is 0 Å². The minimum absolute atomic E-state index is 0.00988. The molecule has 5 N–H and O–H groups in total. The van der Waals surface area contributed by atoms with Crippen LogP contribution in [-0.4, -0.2) is 274 Å².